The zero-order chi connectivity index (χ0) is 29.7. The van der Waals surface area contributed by atoms with Gasteiger partial charge < -0.3 is 19.7 Å². The van der Waals surface area contributed by atoms with Gasteiger partial charge in [0.2, 0.25) is 5.91 Å². The first-order valence-corrected chi connectivity index (χ1v) is 14.4. The molecular formula is C36H30N2O5. The van der Waals surface area contributed by atoms with E-state index in [-0.39, 0.29) is 17.5 Å². The number of hydrogen-bond acceptors (Lipinski definition) is 6. The van der Waals surface area contributed by atoms with Gasteiger partial charge in [-0.25, -0.2) is 0 Å². The molecule has 1 fully saturated rings. The minimum atomic E-state index is -1.40. The van der Waals surface area contributed by atoms with E-state index in [4.69, 9.17) is 9.47 Å². The van der Waals surface area contributed by atoms with E-state index in [1.54, 1.807) is 49.6 Å². The zero-order valence-electron chi connectivity index (χ0n) is 23.8. The molecule has 3 heterocycles. The Hall–Kier alpha value is -5.17. The van der Waals surface area contributed by atoms with Crippen LogP contribution in [0.4, 0.5) is 5.69 Å². The molecule has 0 radical (unpaired) electrons. The summed E-state index contributed by atoms with van der Waals surface area (Å²) in [5.41, 5.74) is 2.55. The van der Waals surface area contributed by atoms with Gasteiger partial charge in [0.1, 0.15) is 23.0 Å². The smallest absolute Gasteiger partial charge is 0.238 e. The lowest BCUT2D eigenvalue weighted by Gasteiger charge is -2.38. The van der Waals surface area contributed by atoms with E-state index in [1.807, 2.05) is 78.7 Å². The number of methoxy groups -OCH3 is 1. The molecule has 43 heavy (non-hydrogen) atoms. The maximum Gasteiger partial charge on any atom is 0.238 e. The van der Waals surface area contributed by atoms with Crippen molar-refractivity contribution in [2.45, 2.75) is 24.4 Å². The molecule has 0 aromatic heterocycles. The number of ketones is 2. The molecule has 4 aromatic rings. The zero-order valence-corrected chi connectivity index (χ0v) is 23.8. The first-order chi connectivity index (χ1) is 21.0. The maximum absolute atomic E-state index is 15.1. The second kappa shape index (κ2) is 10.3. The summed E-state index contributed by atoms with van der Waals surface area (Å²) >= 11 is 0. The first-order valence-electron chi connectivity index (χ1n) is 14.4. The summed E-state index contributed by atoms with van der Waals surface area (Å²) in [4.78, 5) is 46.3. The molecule has 3 aliphatic rings. The van der Waals surface area contributed by atoms with Crippen LogP contribution in [-0.4, -0.2) is 42.1 Å². The van der Waals surface area contributed by atoms with Crippen LogP contribution in [0, 0.1) is 5.92 Å². The second-order valence-corrected chi connectivity index (χ2v) is 11.0. The monoisotopic (exact) mass is 570 g/mol. The number of anilines is 1. The van der Waals surface area contributed by atoms with Crippen molar-refractivity contribution in [2.75, 3.05) is 19.0 Å². The number of benzene rings is 4. The molecule has 4 atom stereocenters. The molecule has 0 aliphatic carbocycles. The lowest BCUT2D eigenvalue weighted by molar-refractivity contribution is -0.122. The van der Waals surface area contributed by atoms with E-state index in [9.17, 15) is 9.59 Å². The highest BCUT2D eigenvalue weighted by Crippen LogP contribution is 2.62. The van der Waals surface area contributed by atoms with Crippen molar-refractivity contribution >= 4 is 29.2 Å². The Morgan fingerprint density at radius 2 is 1.60 bits per heavy atom. The number of carbonyl (C=O) groups excluding carboxylic acids is 3. The van der Waals surface area contributed by atoms with E-state index in [0.29, 0.717) is 40.5 Å². The molecular weight excluding hydrogens is 540 g/mol. The Morgan fingerprint density at radius 3 is 2.40 bits per heavy atom. The Bertz CT molecular complexity index is 1800. The molecule has 7 heteroatoms. The quantitative estimate of drug-likeness (QED) is 0.271. The number of ether oxygens (including phenoxy) is 2. The molecule has 7 rings (SSSR count). The number of hydrogen-bond donors (Lipinski definition) is 1. The Kier molecular flexibility index (Phi) is 6.38. The van der Waals surface area contributed by atoms with Gasteiger partial charge in [-0.2, -0.15) is 0 Å². The van der Waals surface area contributed by atoms with Gasteiger partial charge in [-0.15, -0.1) is 0 Å². The topological polar surface area (TPSA) is 84.9 Å². The molecule has 1 amide bonds. The van der Waals surface area contributed by atoms with Gasteiger partial charge in [-0.1, -0.05) is 54.6 Å². The lowest BCUT2D eigenvalue weighted by Crippen LogP contribution is -2.49. The van der Waals surface area contributed by atoms with Gasteiger partial charge >= 0.3 is 0 Å². The van der Waals surface area contributed by atoms with Crippen LogP contribution in [0.3, 0.4) is 0 Å². The Morgan fingerprint density at radius 1 is 0.884 bits per heavy atom. The van der Waals surface area contributed by atoms with E-state index in [0.717, 1.165) is 11.1 Å². The summed E-state index contributed by atoms with van der Waals surface area (Å²) in [6.07, 6.45) is 3.82. The summed E-state index contributed by atoms with van der Waals surface area (Å²) in [6, 6.07) is 27.7. The fourth-order valence-electron chi connectivity index (χ4n) is 7.21. The molecule has 1 N–H and O–H groups in total. The number of para-hydroxylation sites is 2. The molecule has 3 aliphatic heterocycles. The van der Waals surface area contributed by atoms with Crippen molar-refractivity contribution in [2.24, 2.45) is 5.92 Å². The van der Waals surface area contributed by atoms with Gasteiger partial charge in [0, 0.05) is 17.5 Å². The van der Waals surface area contributed by atoms with E-state index >= 15 is 4.79 Å². The van der Waals surface area contributed by atoms with Gasteiger partial charge in [-0.3, -0.25) is 14.4 Å². The number of nitrogens with zero attached hydrogens (tertiary/aromatic N) is 1. The van der Waals surface area contributed by atoms with Crippen molar-refractivity contribution in [1.82, 2.24) is 4.90 Å². The minimum Gasteiger partial charge on any atom is -0.497 e. The highest BCUT2D eigenvalue weighted by Gasteiger charge is 2.70. The number of amides is 1. The van der Waals surface area contributed by atoms with Crippen molar-refractivity contribution < 1.29 is 23.9 Å². The third-order valence-corrected chi connectivity index (χ3v) is 8.95. The number of nitrogens with one attached hydrogen (secondary N) is 1. The Balaban J connectivity index is 1.52. The van der Waals surface area contributed by atoms with Crippen LogP contribution in [-0.2, 0) is 10.2 Å². The fourth-order valence-corrected chi connectivity index (χ4v) is 7.21. The first kappa shape index (κ1) is 26.7. The van der Waals surface area contributed by atoms with Crippen LogP contribution in [0.15, 0.2) is 103 Å². The van der Waals surface area contributed by atoms with Gasteiger partial charge in [0.15, 0.2) is 11.6 Å². The molecule has 4 aromatic carbocycles. The van der Waals surface area contributed by atoms with E-state index in [2.05, 4.69) is 5.32 Å². The summed E-state index contributed by atoms with van der Waals surface area (Å²) in [5.74, 6) is -0.903. The fraction of sp³-hybridized carbons (Fsp3) is 0.194. The number of Topliss-reactive ketones (excluding diaryl/α,β-unsaturated/α-hetero) is 2. The third-order valence-electron chi connectivity index (χ3n) is 8.95. The molecule has 214 valence electrons. The summed E-state index contributed by atoms with van der Waals surface area (Å²) in [6.45, 7) is 2.22. The highest BCUT2D eigenvalue weighted by molar-refractivity contribution is 6.17. The van der Waals surface area contributed by atoms with Gasteiger partial charge in [0.25, 0.3) is 0 Å². The number of carbonyl (C=O) groups is 3. The van der Waals surface area contributed by atoms with Crippen LogP contribution < -0.4 is 14.8 Å². The number of fused-ring (bicyclic) bond motifs is 6. The van der Waals surface area contributed by atoms with Crippen molar-refractivity contribution in [3.8, 4) is 11.5 Å². The van der Waals surface area contributed by atoms with Crippen LogP contribution >= 0.6 is 0 Å². The van der Waals surface area contributed by atoms with Crippen molar-refractivity contribution in [1.29, 1.82) is 0 Å². The lowest BCUT2D eigenvalue weighted by atomic mass is 9.62. The molecule has 0 unspecified atom stereocenters. The van der Waals surface area contributed by atoms with Crippen LogP contribution in [0.2, 0.25) is 0 Å². The second-order valence-electron chi connectivity index (χ2n) is 11.0. The van der Waals surface area contributed by atoms with Crippen LogP contribution in [0.5, 0.6) is 11.5 Å². The normalized spacial score (nSPS) is 22.9. The largest absolute Gasteiger partial charge is 0.497 e. The van der Waals surface area contributed by atoms with E-state index in [1.165, 1.54) is 0 Å². The average Bonchev–Trinajstić information content (AvgIpc) is 3.53. The van der Waals surface area contributed by atoms with Crippen molar-refractivity contribution in [3.05, 3.63) is 131 Å². The average molecular weight is 571 g/mol. The third kappa shape index (κ3) is 3.84. The molecule has 1 spiro atoms. The molecule has 0 bridgehead atoms. The standard InChI is InChI=1S/C36H30N2O5/c1-3-43-29-15-9-6-12-26(29)33(40)30-31(32(39)23-16-18-24(42-2)19-17-23)38-21-20-22-10-4-5-11-25(22)34(38)36(30)27-13-7-8-14-28(27)37-35(36)41/h4-21,30-31,34H,3H2,1-2H3,(H,37,41)/t30-,31-,34-,36-/m1/s1. The highest BCUT2D eigenvalue weighted by atomic mass is 16.5. The number of rotatable bonds is 7. The predicted molar refractivity (Wildman–Crippen MR) is 163 cm³/mol. The van der Waals surface area contributed by atoms with Crippen LogP contribution in [0.1, 0.15) is 50.4 Å². The summed E-state index contributed by atoms with van der Waals surface area (Å²) in [7, 11) is 1.57. The molecule has 1 saturated heterocycles. The van der Waals surface area contributed by atoms with Gasteiger partial charge in [-0.05, 0) is 72.2 Å². The summed E-state index contributed by atoms with van der Waals surface area (Å²) in [5, 5.41) is 3.08. The van der Waals surface area contributed by atoms with E-state index < -0.39 is 23.4 Å². The molecule has 7 nitrogen and oxygen atoms in total. The Labute approximate surface area is 249 Å². The van der Waals surface area contributed by atoms with Crippen molar-refractivity contribution in [3.63, 3.8) is 0 Å². The molecule has 0 saturated carbocycles. The SMILES string of the molecule is CCOc1ccccc1C(=O)[C@H]1[C@H](C(=O)c2ccc(OC)cc2)N2C=Cc3ccccc3[C@@H]2[C@]12C(=O)Nc1ccccc12. The minimum absolute atomic E-state index is 0.252. The van der Waals surface area contributed by atoms with Gasteiger partial charge in [0.05, 0.1) is 31.2 Å². The maximum atomic E-state index is 15.1. The van der Waals surface area contributed by atoms with Crippen LogP contribution in [0.25, 0.3) is 6.08 Å². The predicted octanol–water partition coefficient (Wildman–Crippen LogP) is 6.08. The summed E-state index contributed by atoms with van der Waals surface area (Å²) < 4.78 is 11.2.